The number of halogens is 1. The highest BCUT2D eigenvalue weighted by atomic mass is 35.5. The molecule has 0 aliphatic carbocycles. The molecule has 6 heteroatoms. The van der Waals surface area contributed by atoms with Crippen molar-refractivity contribution in [2.45, 2.75) is 50.0 Å². The summed E-state index contributed by atoms with van der Waals surface area (Å²) in [5, 5.41) is 41.0. The molecule has 0 amide bonds. The summed E-state index contributed by atoms with van der Waals surface area (Å²) in [5.41, 5.74) is -0.866. The smallest absolute Gasteiger partial charge is 0.109 e. The number of β-amino-alcohol motifs (C(OH)–C–C–N with tert-alkyl or cyclic N) is 1. The quantitative estimate of drug-likeness (QED) is 0.445. The van der Waals surface area contributed by atoms with Gasteiger partial charge in [-0.3, -0.25) is 0 Å². The molecule has 1 saturated heterocycles. The zero-order valence-corrected chi connectivity index (χ0v) is 10.3. The second-order valence-electron chi connectivity index (χ2n) is 4.30. The van der Waals surface area contributed by atoms with Crippen molar-refractivity contribution < 1.29 is 20.4 Å². The van der Waals surface area contributed by atoms with Crippen LogP contribution in [0.1, 0.15) is 26.2 Å². The highest BCUT2D eigenvalue weighted by molar-refractivity contribution is 5.85. The lowest BCUT2D eigenvalue weighted by atomic mass is 9.80. The number of aliphatic hydroxyl groups is 4. The van der Waals surface area contributed by atoms with Gasteiger partial charge in [0.2, 0.25) is 0 Å². The summed E-state index contributed by atoms with van der Waals surface area (Å²) in [6.45, 7) is 1.98. The number of aliphatic hydroxyl groups excluding tert-OH is 4. The highest BCUT2D eigenvalue weighted by Crippen LogP contribution is 2.25. The van der Waals surface area contributed by atoms with Crippen molar-refractivity contribution >= 4 is 12.4 Å². The lowest BCUT2D eigenvalue weighted by Gasteiger charge is -2.45. The van der Waals surface area contributed by atoms with Gasteiger partial charge in [-0.15, -0.1) is 12.4 Å². The van der Waals surface area contributed by atoms with Crippen LogP contribution in [0.5, 0.6) is 0 Å². The lowest BCUT2D eigenvalue weighted by molar-refractivity contribution is -0.135. The van der Waals surface area contributed by atoms with Crippen molar-refractivity contribution in [3.8, 4) is 0 Å². The van der Waals surface area contributed by atoms with Gasteiger partial charge in [0.1, 0.15) is 12.2 Å². The summed E-state index contributed by atoms with van der Waals surface area (Å²) in [4.78, 5) is 0. The molecule has 0 aromatic heterocycles. The molecule has 0 bridgehead atoms. The number of rotatable bonds is 4. The van der Waals surface area contributed by atoms with E-state index in [9.17, 15) is 20.4 Å². The minimum absolute atomic E-state index is 0. The van der Waals surface area contributed by atoms with Crippen LogP contribution in [0.4, 0.5) is 0 Å². The van der Waals surface area contributed by atoms with Crippen molar-refractivity contribution in [1.82, 2.24) is 5.32 Å². The van der Waals surface area contributed by atoms with Crippen molar-refractivity contribution in [1.29, 1.82) is 0 Å². The molecule has 1 rings (SSSR count). The maximum Gasteiger partial charge on any atom is 0.109 e. The molecule has 4 atom stereocenters. The molecule has 0 aromatic carbocycles. The molecule has 1 fully saturated rings. The molecular weight excluding hydrogens is 234 g/mol. The van der Waals surface area contributed by atoms with E-state index in [0.29, 0.717) is 6.42 Å². The summed E-state index contributed by atoms with van der Waals surface area (Å²) in [6.07, 6.45) is -0.887. The van der Waals surface area contributed by atoms with Gasteiger partial charge in [0, 0.05) is 6.54 Å². The highest BCUT2D eigenvalue weighted by Gasteiger charge is 2.46. The van der Waals surface area contributed by atoms with Crippen molar-refractivity contribution in [2.24, 2.45) is 0 Å². The Kier molecular flexibility index (Phi) is 6.77. The number of nitrogens with one attached hydrogen (secondary N) is 1. The molecule has 1 aliphatic heterocycles. The monoisotopic (exact) mass is 255 g/mol. The summed E-state index contributed by atoms with van der Waals surface area (Å²) in [5.74, 6) is 0. The minimum Gasteiger partial charge on any atom is -0.394 e. The largest absolute Gasteiger partial charge is 0.394 e. The second-order valence-corrected chi connectivity index (χ2v) is 4.30. The fraction of sp³-hybridized carbons (Fsp3) is 1.00. The van der Waals surface area contributed by atoms with E-state index in [0.717, 1.165) is 12.8 Å². The Balaban J connectivity index is 0.00000225. The fourth-order valence-corrected chi connectivity index (χ4v) is 2.03. The van der Waals surface area contributed by atoms with E-state index in [4.69, 9.17) is 0 Å². The van der Waals surface area contributed by atoms with Crippen LogP contribution in [0.25, 0.3) is 0 Å². The molecule has 1 heterocycles. The molecule has 1 aliphatic rings. The molecule has 5 nitrogen and oxygen atoms in total. The standard InChI is InChI=1S/C10H21NO4.ClH/c1-2-3-4-10(6-12)9(15)8(14)7(13)5-11-10;/h7-9,11-15H,2-6H2,1H3;1H/t7-,8+,9-,10-;/m0./s1. The molecule has 0 radical (unpaired) electrons. The average molecular weight is 256 g/mol. The van der Waals surface area contributed by atoms with E-state index in [-0.39, 0.29) is 25.6 Å². The van der Waals surface area contributed by atoms with Crippen molar-refractivity contribution in [3.05, 3.63) is 0 Å². The van der Waals surface area contributed by atoms with E-state index in [1.807, 2.05) is 6.92 Å². The van der Waals surface area contributed by atoms with Gasteiger partial charge in [-0.05, 0) is 6.42 Å². The Labute approximate surface area is 102 Å². The molecule has 5 N–H and O–H groups in total. The molecule has 98 valence electrons. The van der Waals surface area contributed by atoms with Gasteiger partial charge in [-0.25, -0.2) is 0 Å². The maximum atomic E-state index is 9.85. The molecular formula is C10H22ClNO4. The van der Waals surface area contributed by atoms with E-state index < -0.39 is 23.9 Å². The van der Waals surface area contributed by atoms with Gasteiger partial charge >= 0.3 is 0 Å². The van der Waals surface area contributed by atoms with Crippen LogP contribution in [-0.2, 0) is 0 Å². The summed E-state index contributed by atoms with van der Waals surface area (Å²) >= 11 is 0. The Hall–Kier alpha value is 0.0900. The normalized spacial score (nSPS) is 39.2. The number of piperidine rings is 1. The van der Waals surface area contributed by atoms with Crippen molar-refractivity contribution in [2.75, 3.05) is 13.2 Å². The second kappa shape index (κ2) is 6.74. The zero-order chi connectivity index (χ0) is 11.5. The first kappa shape index (κ1) is 16.1. The SMILES string of the molecule is CCCC[C@@]1(CO)NC[C@H](O)[C@@H](O)[C@@H]1O.Cl. The third-order valence-corrected chi connectivity index (χ3v) is 3.21. The predicted molar refractivity (Wildman–Crippen MR) is 62.6 cm³/mol. The molecule has 0 saturated carbocycles. The Morgan fingerprint density at radius 1 is 1.31 bits per heavy atom. The Morgan fingerprint density at radius 2 is 1.94 bits per heavy atom. The predicted octanol–water partition coefficient (Wildman–Crippen LogP) is -0.985. The van der Waals surface area contributed by atoms with Crippen LogP contribution in [0.15, 0.2) is 0 Å². The van der Waals surface area contributed by atoms with Gasteiger partial charge in [-0.1, -0.05) is 19.8 Å². The molecule has 0 unspecified atom stereocenters. The van der Waals surface area contributed by atoms with Gasteiger partial charge in [0.05, 0.1) is 18.2 Å². The van der Waals surface area contributed by atoms with Crippen molar-refractivity contribution in [3.63, 3.8) is 0 Å². The van der Waals surface area contributed by atoms with Crippen LogP contribution in [0.3, 0.4) is 0 Å². The van der Waals surface area contributed by atoms with Gasteiger partial charge in [0.25, 0.3) is 0 Å². The molecule has 0 aromatic rings. The summed E-state index contributed by atoms with van der Waals surface area (Å²) < 4.78 is 0. The minimum atomic E-state index is -1.18. The molecule has 0 spiro atoms. The summed E-state index contributed by atoms with van der Waals surface area (Å²) in [7, 11) is 0. The maximum absolute atomic E-state index is 9.85. The first-order valence-corrected chi connectivity index (χ1v) is 5.47. The number of hydrogen-bond donors (Lipinski definition) is 5. The van der Waals surface area contributed by atoms with E-state index in [2.05, 4.69) is 5.32 Å². The topological polar surface area (TPSA) is 93.0 Å². The van der Waals surface area contributed by atoms with Crippen LogP contribution >= 0.6 is 12.4 Å². The van der Waals surface area contributed by atoms with Crippen LogP contribution in [0, 0.1) is 0 Å². The van der Waals surface area contributed by atoms with Gasteiger partial charge in [0.15, 0.2) is 0 Å². The third kappa shape index (κ3) is 3.06. The van der Waals surface area contributed by atoms with E-state index in [1.54, 1.807) is 0 Å². The first-order valence-electron chi connectivity index (χ1n) is 5.47. The average Bonchev–Trinajstić information content (AvgIpc) is 2.26. The third-order valence-electron chi connectivity index (χ3n) is 3.21. The van der Waals surface area contributed by atoms with E-state index in [1.165, 1.54) is 0 Å². The lowest BCUT2D eigenvalue weighted by Crippen LogP contribution is -2.69. The Bertz CT molecular complexity index is 203. The Morgan fingerprint density at radius 3 is 2.44 bits per heavy atom. The van der Waals surface area contributed by atoms with Gasteiger partial charge in [-0.2, -0.15) is 0 Å². The summed E-state index contributed by atoms with van der Waals surface area (Å²) in [6, 6.07) is 0. The van der Waals surface area contributed by atoms with E-state index >= 15 is 0 Å². The van der Waals surface area contributed by atoms with Crippen LogP contribution in [-0.4, -0.2) is 57.4 Å². The zero-order valence-electron chi connectivity index (χ0n) is 9.46. The first-order chi connectivity index (χ1) is 7.07. The molecule has 16 heavy (non-hydrogen) atoms. The fourth-order valence-electron chi connectivity index (χ4n) is 2.03. The number of hydrogen-bond acceptors (Lipinski definition) is 5. The van der Waals surface area contributed by atoms with Crippen LogP contribution in [0.2, 0.25) is 0 Å². The number of unbranched alkanes of at least 4 members (excludes halogenated alkanes) is 1. The van der Waals surface area contributed by atoms with Gasteiger partial charge < -0.3 is 25.7 Å². The van der Waals surface area contributed by atoms with Crippen LogP contribution < -0.4 is 5.32 Å².